The second-order valence-electron chi connectivity index (χ2n) is 4.12. The number of carbonyl (C=O) groups excluding carboxylic acids is 1. The Hall–Kier alpha value is -0.610. The quantitative estimate of drug-likeness (QED) is 0.681. The molecule has 1 N–H and O–H groups in total. The fraction of sp³-hybridized carbons (Fsp3) is 0.900. The van der Waals surface area contributed by atoms with Crippen LogP contribution in [0.1, 0.15) is 13.8 Å². The molecule has 14 heavy (non-hydrogen) atoms. The summed E-state index contributed by atoms with van der Waals surface area (Å²) < 4.78 is 0. The maximum Gasteiger partial charge on any atom is 0.236 e. The zero-order valence-electron chi connectivity index (χ0n) is 9.42. The van der Waals surface area contributed by atoms with E-state index in [0.29, 0.717) is 12.6 Å². The van der Waals surface area contributed by atoms with E-state index in [1.165, 1.54) is 0 Å². The van der Waals surface area contributed by atoms with Crippen LogP contribution in [-0.2, 0) is 4.79 Å². The smallest absolute Gasteiger partial charge is 0.236 e. The monoisotopic (exact) mass is 199 g/mol. The third-order valence-electron chi connectivity index (χ3n) is 2.74. The van der Waals surface area contributed by atoms with Crippen LogP contribution < -0.4 is 5.32 Å². The molecule has 82 valence electrons. The maximum atomic E-state index is 11.7. The van der Waals surface area contributed by atoms with Gasteiger partial charge in [0.05, 0.1) is 6.54 Å². The number of amides is 1. The highest BCUT2D eigenvalue weighted by Crippen LogP contribution is 1.98. The molecule has 0 aromatic carbocycles. The minimum absolute atomic E-state index is 0.224. The molecular weight excluding hydrogens is 178 g/mol. The third kappa shape index (κ3) is 3.27. The van der Waals surface area contributed by atoms with Crippen LogP contribution in [0.4, 0.5) is 0 Å². The molecule has 1 rings (SSSR count). The number of piperazine rings is 1. The molecular formula is C10H21N3O. The van der Waals surface area contributed by atoms with E-state index in [-0.39, 0.29) is 5.91 Å². The summed E-state index contributed by atoms with van der Waals surface area (Å²) in [5, 5.41) is 3.27. The summed E-state index contributed by atoms with van der Waals surface area (Å²) in [6.45, 7) is 8.61. The number of hydrogen-bond donors (Lipinski definition) is 1. The van der Waals surface area contributed by atoms with Crippen LogP contribution in [0.3, 0.4) is 0 Å². The van der Waals surface area contributed by atoms with Gasteiger partial charge in [-0.05, 0) is 13.8 Å². The van der Waals surface area contributed by atoms with Crippen molar-refractivity contribution in [1.29, 1.82) is 0 Å². The first kappa shape index (κ1) is 11.5. The Morgan fingerprint density at radius 1 is 1.43 bits per heavy atom. The van der Waals surface area contributed by atoms with Crippen molar-refractivity contribution >= 4 is 5.91 Å². The average Bonchev–Trinajstić information content (AvgIpc) is 2.18. The Bertz CT molecular complexity index is 188. The summed E-state index contributed by atoms with van der Waals surface area (Å²) in [4.78, 5) is 15.7. The standard InChI is InChI=1S/C10H21N3O/c1-9(2)12(3)10(14)8-13-6-4-11-5-7-13/h9,11H,4-8H2,1-3H3. The highest BCUT2D eigenvalue weighted by atomic mass is 16.2. The average molecular weight is 199 g/mol. The summed E-state index contributed by atoms with van der Waals surface area (Å²) in [5.41, 5.74) is 0. The molecule has 0 saturated carbocycles. The van der Waals surface area contributed by atoms with E-state index in [0.717, 1.165) is 26.2 Å². The van der Waals surface area contributed by atoms with E-state index in [1.807, 2.05) is 25.8 Å². The van der Waals surface area contributed by atoms with Crippen molar-refractivity contribution in [3.8, 4) is 0 Å². The second-order valence-corrected chi connectivity index (χ2v) is 4.12. The van der Waals surface area contributed by atoms with Gasteiger partial charge in [-0.15, -0.1) is 0 Å². The van der Waals surface area contributed by atoms with Crippen molar-refractivity contribution in [2.24, 2.45) is 0 Å². The van der Waals surface area contributed by atoms with Crippen molar-refractivity contribution in [2.45, 2.75) is 19.9 Å². The van der Waals surface area contributed by atoms with Crippen LogP contribution in [0.15, 0.2) is 0 Å². The molecule has 1 aliphatic rings. The highest BCUT2D eigenvalue weighted by molar-refractivity contribution is 5.78. The predicted molar refractivity (Wildman–Crippen MR) is 57.2 cm³/mol. The van der Waals surface area contributed by atoms with Gasteiger partial charge in [-0.3, -0.25) is 9.69 Å². The number of rotatable bonds is 3. The van der Waals surface area contributed by atoms with Crippen LogP contribution in [-0.4, -0.2) is 61.5 Å². The SMILES string of the molecule is CC(C)N(C)C(=O)CN1CCNCC1. The molecule has 1 aliphatic heterocycles. The molecule has 0 bridgehead atoms. The van der Waals surface area contributed by atoms with Gasteiger partial charge in [0.25, 0.3) is 0 Å². The second kappa shape index (κ2) is 5.32. The number of carbonyl (C=O) groups is 1. The molecule has 0 unspecified atom stereocenters. The molecule has 1 heterocycles. The Morgan fingerprint density at radius 3 is 2.50 bits per heavy atom. The molecule has 0 spiro atoms. The zero-order chi connectivity index (χ0) is 10.6. The molecule has 4 heteroatoms. The molecule has 0 atom stereocenters. The lowest BCUT2D eigenvalue weighted by Crippen LogP contribution is -2.48. The predicted octanol–water partition coefficient (Wildman–Crippen LogP) is -0.242. The van der Waals surface area contributed by atoms with Crippen molar-refractivity contribution in [3.05, 3.63) is 0 Å². The Morgan fingerprint density at radius 2 is 2.00 bits per heavy atom. The van der Waals surface area contributed by atoms with Crippen LogP contribution in [0.5, 0.6) is 0 Å². The van der Waals surface area contributed by atoms with Crippen LogP contribution in [0.2, 0.25) is 0 Å². The van der Waals surface area contributed by atoms with Crippen molar-refractivity contribution in [3.63, 3.8) is 0 Å². The number of likely N-dealkylation sites (N-methyl/N-ethyl adjacent to an activating group) is 1. The lowest BCUT2D eigenvalue weighted by Gasteiger charge is -2.29. The fourth-order valence-electron chi connectivity index (χ4n) is 1.46. The maximum absolute atomic E-state index is 11.7. The number of nitrogens with one attached hydrogen (secondary N) is 1. The first-order valence-corrected chi connectivity index (χ1v) is 5.30. The molecule has 0 aromatic rings. The van der Waals surface area contributed by atoms with Gasteiger partial charge in [0.15, 0.2) is 0 Å². The zero-order valence-corrected chi connectivity index (χ0v) is 9.42. The Balaban J connectivity index is 2.31. The molecule has 1 saturated heterocycles. The molecule has 0 aliphatic carbocycles. The highest BCUT2D eigenvalue weighted by Gasteiger charge is 2.17. The van der Waals surface area contributed by atoms with Crippen LogP contribution in [0.25, 0.3) is 0 Å². The van der Waals surface area contributed by atoms with E-state index in [2.05, 4.69) is 10.2 Å². The molecule has 0 aromatic heterocycles. The van der Waals surface area contributed by atoms with Gasteiger partial charge in [0.1, 0.15) is 0 Å². The number of hydrogen-bond acceptors (Lipinski definition) is 3. The van der Waals surface area contributed by atoms with E-state index < -0.39 is 0 Å². The summed E-state index contributed by atoms with van der Waals surface area (Å²) in [6.07, 6.45) is 0. The largest absolute Gasteiger partial charge is 0.342 e. The molecule has 1 amide bonds. The lowest BCUT2D eigenvalue weighted by atomic mass is 10.3. The van der Waals surface area contributed by atoms with Crippen molar-refractivity contribution in [2.75, 3.05) is 39.8 Å². The summed E-state index contributed by atoms with van der Waals surface area (Å²) >= 11 is 0. The summed E-state index contributed by atoms with van der Waals surface area (Å²) in [5.74, 6) is 0.224. The van der Waals surface area contributed by atoms with Gasteiger partial charge in [0.2, 0.25) is 5.91 Å². The van der Waals surface area contributed by atoms with Gasteiger partial charge in [0, 0.05) is 39.3 Å². The third-order valence-corrected chi connectivity index (χ3v) is 2.74. The van der Waals surface area contributed by atoms with Gasteiger partial charge in [-0.2, -0.15) is 0 Å². The Labute approximate surface area is 86.2 Å². The van der Waals surface area contributed by atoms with Gasteiger partial charge < -0.3 is 10.2 Å². The molecule has 0 radical (unpaired) electrons. The van der Waals surface area contributed by atoms with Crippen molar-refractivity contribution in [1.82, 2.24) is 15.1 Å². The summed E-state index contributed by atoms with van der Waals surface area (Å²) in [7, 11) is 1.87. The van der Waals surface area contributed by atoms with E-state index >= 15 is 0 Å². The molecule has 1 fully saturated rings. The minimum Gasteiger partial charge on any atom is -0.342 e. The van der Waals surface area contributed by atoms with Gasteiger partial charge in [-0.1, -0.05) is 0 Å². The van der Waals surface area contributed by atoms with Crippen LogP contribution >= 0.6 is 0 Å². The summed E-state index contributed by atoms with van der Waals surface area (Å²) in [6, 6.07) is 0.297. The van der Waals surface area contributed by atoms with Crippen molar-refractivity contribution < 1.29 is 4.79 Å². The Kier molecular flexibility index (Phi) is 4.35. The lowest BCUT2D eigenvalue weighted by molar-refractivity contribution is -0.132. The minimum atomic E-state index is 0.224. The topological polar surface area (TPSA) is 35.6 Å². The van der Waals surface area contributed by atoms with E-state index in [4.69, 9.17) is 0 Å². The van der Waals surface area contributed by atoms with Gasteiger partial charge in [-0.25, -0.2) is 0 Å². The molecule has 4 nitrogen and oxygen atoms in total. The number of nitrogens with zero attached hydrogens (tertiary/aromatic N) is 2. The fourth-order valence-corrected chi connectivity index (χ4v) is 1.46. The van der Waals surface area contributed by atoms with E-state index in [9.17, 15) is 4.79 Å². The first-order chi connectivity index (χ1) is 6.61. The first-order valence-electron chi connectivity index (χ1n) is 5.30. The van der Waals surface area contributed by atoms with Gasteiger partial charge >= 0.3 is 0 Å². The van der Waals surface area contributed by atoms with Crippen LogP contribution in [0, 0.1) is 0 Å². The van der Waals surface area contributed by atoms with E-state index in [1.54, 1.807) is 0 Å². The normalized spacial score (nSPS) is 18.6.